The molecule has 0 aliphatic carbocycles. The maximum Gasteiger partial charge on any atom is 0.341 e. The minimum atomic E-state index is -3.47. The number of anilines is 1. The molecule has 0 aromatic heterocycles. The third-order valence-corrected chi connectivity index (χ3v) is 6.47. The molecule has 3 rings (SSSR count). The number of esters is 1. The Balaban J connectivity index is 1.79. The Labute approximate surface area is 164 Å². The van der Waals surface area contributed by atoms with E-state index in [1.165, 1.54) is 24.6 Å². The summed E-state index contributed by atoms with van der Waals surface area (Å²) in [4.78, 5) is 11.8. The fraction of sp³-hybridized carbons (Fsp3) is 0.350. The average molecular weight is 405 g/mol. The Morgan fingerprint density at radius 1 is 1.14 bits per heavy atom. The fourth-order valence-electron chi connectivity index (χ4n) is 3.23. The molecule has 1 fully saturated rings. The molecule has 2 aromatic carbocycles. The fourth-order valence-corrected chi connectivity index (χ4v) is 5.05. The van der Waals surface area contributed by atoms with Gasteiger partial charge in [0.05, 0.1) is 44.9 Å². The van der Waals surface area contributed by atoms with Gasteiger partial charge in [-0.3, -0.25) is 4.31 Å². The van der Waals surface area contributed by atoms with Gasteiger partial charge in [-0.15, -0.1) is 0 Å². The molecule has 0 N–H and O–H groups in total. The van der Waals surface area contributed by atoms with E-state index in [4.69, 9.17) is 14.2 Å². The Hall–Kier alpha value is -2.58. The number of hydrogen-bond acceptors (Lipinski definition) is 6. The van der Waals surface area contributed by atoms with E-state index in [2.05, 4.69) is 0 Å². The summed E-state index contributed by atoms with van der Waals surface area (Å²) in [5.74, 6) is -0.237. The monoisotopic (exact) mass is 405 g/mol. The van der Waals surface area contributed by atoms with Crippen molar-refractivity contribution >= 4 is 21.7 Å². The number of methoxy groups -OCH3 is 2. The van der Waals surface area contributed by atoms with Gasteiger partial charge in [0.1, 0.15) is 11.3 Å². The molecule has 1 saturated heterocycles. The second kappa shape index (κ2) is 8.62. The van der Waals surface area contributed by atoms with E-state index in [9.17, 15) is 13.2 Å². The van der Waals surface area contributed by atoms with Crippen LogP contribution in [0.5, 0.6) is 5.75 Å². The minimum Gasteiger partial charge on any atom is -0.496 e. The van der Waals surface area contributed by atoms with Gasteiger partial charge in [0.25, 0.3) is 0 Å². The molecule has 8 heteroatoms. The Bertz CT molecular complexity index is 929. The van der Waals surface area contributed by atoms with Crippen LogP contribution in [0.15, 0.2) is 48.5 Å². The molecule has 0 bridgehead atoms. The van der Waals surface area contributed by atoms with Crippen LogP contribution in [0.1, 0.15) is 22.3 Å². The van der Waals surface area contributed by atoms with Gasteiger partial charge in [-0.1, -0.05) is 30.3 Å². The number of carbonyl (C=O) groups excluding carboxylic acids is 1. The van der Waals surface area contributed by atoms with Crippen LogP contribution in [0.4, 0.5) is 5.69 Å². The van der Waals surface area contributed by atoms with E-state index in [0.717, 1.165) is 5.56 Å². The molecule has 28 heavy (non-hydrogen) atoms. The van der Waals surface area contributed by atoms with Gasteiger partial charge >= 0.3 is 5.97 Å². The van der Waals surface area contributed by atoms with Gasteiger partial charge in [-0.2, -0.15) is 0 Å². The highest BCUT2D eigenvalue weighted by atomic mass is 32.2. The van der Waals surface area contributed by atoms with Gasteiger partial charge in [-0.05, 0) is 24.1 Å². The Morgan fingerprint density at radius 3 is 2.57 bits per heavy atom. The van der Waals surface area contributed by atoms with Crippen LogP contribution in [0.2, 0.25) is 0 Å². The lowest BCUT2D eigenvalue weighted by atomic mass is 10.1. The van der Waals surface area contributed by atoms with Crippen LogP contribution in [0, 0.1) is 0 Å². The van der Waals surface area contributed by atoms with Crippen LogP contribution in [-0.2, 0) is 26.1 Å². The molecular weight excluding hydrogens is 382 g/mol. The van der Waals surface area contributed by atoms with E-state index in [1.807, 2.05) is 30.3 Å². The minimum absolute atomic E-state index is 0.0490. The van der Waals surface area contributed by atoms with E-state index in [-0.39, 0.29) is 29.7 Å². The smallest absolute Gasteiger partial charge is 0.341 e. The predicted octanol–water partition coefficient (Wildman–Crippen LogP) is 2.61. The first kappa shape index (κ1) is 20.2. The van der Waals surface area contributed by atoms with Crippen molar-refractivity contribution in [3.8, 4) is 5.75 Å². The van der Waals surface area contributed by atoms with Crippen LogP contribution < -0.4 is 9.04 Å². The quantitative estimate of drug-likeness (QED) is 0.659. The zero-order valence-electron chi connectivity index (χ0n) is 15.8. The Kier molecular flexibility index (Phi) is 6.21. The normalized spacial score (nSPS) is 18.1. The first-order valence-corrected chi connectivity index (χ1v) is 10.5. The zero-order valence-corrected chi connectivity index (χ0v) is 16.6. The number of sulfonamides is 1. The molecule has 1 heterocycles. The first-order chi connectivity index (χ1) is 13.5. The molecule has 0 amide bonds. The highest BCUT2D eigenvalue weighted by molar-refractivity contribution is 7.93. The molecule has 2 aromatic rings. The summed E-state index contributed by atoms with van der Waals surface area (Å²) in [5.41, 5.74) is 1.71. The standard InChI is InChI=1S/C20H23NO6S/c1-25-19-12-16(8-9-18(19)20(22)26-2)21-17(10-11-28(21,23)24)14-27-13-15-6-4-3-5-7-15/h3-9,12,17H,10-11,13-14H2,1-2H3/t17-/m0/s1. The molecule has 150 valence electrons. The van der Waals surface area contributed by atoms with E-state index in [1.54, 1.807) is 12.1 Å². The van der Waals surface area contributed by atoms with Crippen LogP contribution in [0.25, 0.3) is 0 Å². The van der Waals surface area contributed by atoms with Crippen LogP contribution in [0.3, 0.4) is 0 Å². The SMILES string of the molecule is COC(=O)c1ccc(N2[C@H](COCc3ccccc3)CCS2(=O)=O)cc1OC. The van der Waals surface area contributed by atoms with Crippen molar-refractivity contribution in [3.05, 3.63) is 59.7 Å². The summed E-state index contributed by atoms with van der Waals surface area (Å²) in [6.07, 6.45) is 0.470. The predicted molar refractivity (Wildman–Crippen MR) is 105 cm³/mol. The second-order valence-electron chi connectivity index (χ2n) is 6.43. The molecule has 7 nitrogen and oxygen atoms in total. The summed E-state index contributed by atoms with van der Waals surface area (Å²) in [6.45, 7) is 0.686. The van der Waals surface area contributed by atoms with E-state index < -0.39 is 16.0 Å². The van der Waals surface area contributed by atoms with Gasteiger partial charge in [-0.25, -0.2) is 13.2 Å². The molecule has 1 aliphatic heterocycles. The van der Waals surface area contributed by atoms with Crippen molar-refractivity contribution in [2.24, 2.45) is 0 Å². The van der Waals surface area contributed by atoms with Crippen LogP contribution in [-0.4, -0.2) is 47.0 Å². The van der Waals surface area contributed by atoms with E-state index in [0.29, 0.717) is 18.7 Å². The van der Waals surface area contributed by atoms with Gasteiger partial charge in [0.15, 0.2) is 0 Å². The van der Waals surface area contributed by atoms with Crippen molar-refractivity contribution in [1.29, 1.82) is 0 Å². The lowest BCUT2D eigenvalue weighted by Crippen LogP contribution is -2.36. The molecule has 0 radical (unpaired) electrons. The zero-order chi connectivity index (χ0) is 20.1. The maximum absolute atomic E-state index is 12.6. The highest BCUT2D eigenvalue weighted by Crippen LogP contribution is 2.33. The van der Waals surface area contributed by atoms with Gasteiger partial charge in [0.2, 0.25) is 10.0 Å². The number of carbonyl (C=O) groups is 1. The van der Waals surface area contributed by atoms with Gasteiger partial charge in [0, 0.05) is 6.07 Å². The summed E-state index contributed by atoms with van der Waals surface area (Å²) >= 11 is 0. The number of ether oxygens (including phenoxy) is 3. The first-order valence-electron chi connectivity index (χ1n) is 8.86. The van der Waals surface area contributed by atoms with Crippen molar-refractivity contribution < 1.29 is 27.4 Å². The lowest BCUT2D eigenvalue weighted by Gasteiger charge is -2.26. The summed E-state index contributed by atoms with van der Waals surface area (Å²) < 4.78 is 42.4. The molecule has 0 unspecified atom stereocenters. The molecular formula is C20H23NO6S. The largest absolute Gasteiger partial charge is 0.496 e. The Morgan fingerprint density at radius 2 is 1.89 bits per heavy atom. The van der Waals surface area contributed by atoms with Crippen molar-refractivity contribution in [3.63, 3.8) is 0 Å². The summed E-state index contributed by atoms with van der Waals surface area (Å²) in [6, 6.07) is 14.0. The lowest BCUT2D eigenvalue weighted by molar-refractivity contribution is 0.0597. The van der Waals surface area contributed by atoms with E-state index >= 15 is 0 Å². The van der Waals surface area contributed by atoms with Crippen molar-refractivity contribution in [1.82, 2.24) is 0 Å². The number of rotatable bonds is 7. The molecule has 1 atom stereocenters. The number of benzene rings is 2. The number of hydrogen-bond donors (Lipinski definition) is 0. The van der Waals surface area contributed by atoms with Gasteiger partial charge < -0.3 is 14.2 Å². The molecule has 1 aliphatic rings. The van der Waals surface area contributed by atoms with Crippen LogP contribution >= 0.6 is 0 Å². The topological polar surface area (TPSA) is 82.1 Å². The second-order valence-corrected chi connectivity index (χ2v) is 8.40. The molecule has 0 saturated carbocycles. The average Bonchev–Trinajstić information content (AvgIpc) is 3.01. The summed E-state index contributed by atoms with van der Waals surface area (Å²) in [7, 11) is -0.767. The highest BCUT2D eigenvalue weighted by Gasteiger charge is 2.38. The summed E-state index contributed by atoms with van der Waals surface area (Å²) in [5, 5.41) is 0. The third kappa shape index (κ3) is 4.28. The number of nitrogens with zero attached hydrogens (tertiary/aromatic N) is 1. The third-order valence-electron chi connectivity index (χ3n) is 4.61. The maximum atomic E-state index is 12.6. The van der Waals surface area contributed by atoms with Crippen molar-refractivity contribution in [2.45, 2.75) is 19.1 Å². The van der Waals surface area contributed by atoms with Crippen molar-refractivity contribution in [2.75, 3.05) is 30.9 Å². The molecule has 0 spiro atoms.